The number of hydrogen-bond acceptors (Lipinski definition) is 7. The van der Waals surface area contributed by atoms with E-state index < -0.39 is 29.5 Å². The van der Waals surface area contributed by atoms with E-state index in [2.05, 4.69) is 16.0 Å². The predicted molar refractivity (Wildman–Crippen MR) is 190 cm³/mol. The van der Waals surface area contributed by atoms with Crippen molar-refractivity contribution < 1.29 is 32.6 Å². The Labute approximate surface area is 306 Å². The average Bonchev–Trinajstić information content (AvgIpc) is 3.50. The van der Waals surface area contributed by atoms with Crippen LogP contribution < -0.4 is 20.7 Å². The van der Waals surface area contributed by atoms with E-state index in [1.54, 1.807) is 36.1 Å². The van der Waals surface area contributed by atoms with Crippen LogP contribution in [-0.4, -0.2) is 79.2 Å². The molecule has 276 valence electrons. The lowest BCUT2D eigenvalue weighted by molar-refractivity contribution is -0.141. The minimum absolute atomic E-state index is 0.0703. The first-order valence-corrected chi connectivity index (χ1v) is 17.9. The molecule has 0 aromatic heterocycles. The summed E-state index contributed by atoms with van der Waals surface area (Å²) in [6, 6.07) is 16.5. The number of rotatable bonds is 13. The van der Waals surface area contributed by atoms with Crippen molar-refractivity contribution in [2.24, 2.45) is 5.92 Å². The van der Waals surface area contributed by atoms with E-state index in [0.717, 1.165) is 29.7 Å². The summed E-state index contributed by atoms with van der Waals surface area (Å²) in [5, 5.41) is 20.2. The van der Waals surface area contributed by atoms with Gasteiger partial charge in [0.1, 0.15) is 5.75 Å². The molecule has 4 N–H and O–H groups in total. The Balaban J connectivity index is 1.47. The molecule has 0 saturated carbocycles. The zero-order valence-corrected chi connectivity index (χ0v) is 30.1. The van der Waals surface area contributed by atoms with Gasteiger partial charge in [0.25, 0.3) is 5.91 Å². The molecule has 0 bridgehead atoms. The number of nitrogens with zero attached hydrogens (tertiary/aromatic N) is 2. The van der Waals surface area contributed by atoms with Crippen LogP contribution in [0.25, 0.3) is 0 Å². The third kappa shape index (κ3) is 9.35. The van der Waals surface area contributed by atoms with Crippen molar-refractivity contribution in [1.29, 1.82) is 0 Å². The average molecular weight is 751 g/mol. The van der Waals surface area contributed by atoms with Gasteiger partial charge in [-0.15, -0.1) is 0 Å². The first-order chi connectivity index (χ1) is 24.3. The molecule has 51 heavy (non-hydrogen) atoms. The third-order valence-electron chi connectivity index (χ3n) is 9.48. The lowest BCUT2D eigenvalue weighted by atomic mass is 9.94. The summed E-state index contributed by atoms with van der Waals surface area (Å²) in [6.45, 7) is 5.97. The summed E-state index contributed by atoms with van der Waals surface area (Å²) in [4.78, 5) is 31.3. The number of amides is 2. The molecular formula is C37H44Cl2F3N5O4. The fraction of sp³-hybridized carbons (Fsp3) is 0.459. The van der Waals surface area contributed by atoms with Crippen LogP contribution in [0.2, 0.25) is 10.0 Å². The molecule has 2 aliphatic heterocycles. The van der Waals surface area contributed by atoms with E-state index >= 15 is 0 Å². The van der Waals surface area contributed by atoms with Gasteiger partial charge in [0.2, 0.25) is 5.91 Å². The lowest BCUT2D eigenvalue weighted by Gasteiger charge is -2.40. The third-order valence-corrected chi connectivity index (χ3v) is 9.98. The normalized spacial score (nSPS) is 21.8. The molecule has 2 saturated heterocycles. The van der Waals surface area contributed by atoms with Gasteiger partial charge in [0.05, 0.1) is 30.8 Å². The minimum atomic E-state index is -4.63. The molecule has 3 aromatic carbocycles. The Hall–Kier alpha value is -3.39. The quantitative estimate of drug-likeness (QED) is 0.172. The van der Waals surface area contributed by atoms with Crippen molar-refractivity contribution in [2.45, 2.75) is 50.6 Å². The van der Waals surface area contributed by atoms with E-state index in [1.807, 2.05) is 36.1 Å². The van der Waals surface area contributed by atoms with E-state index in [9.17, 15) is 22.8 Å². The van der Waals surface area contributed by atoms with Crippen LogP contribution in [0.15, 0.2) is 66.7 Å². The zero-order chi connectivity index (χ0) is 36.8. The van der Waals surface area contributed by atoms with Gasteiger partial charge in [-0.3, -0.25) is 25.1 Å². The molecule has 9 nitrogen and oxygen atoms in total. The number of piperazine rings is 1. The molecule has 2 fully saturated rings. The predicted octanol–water partition coefficient (Wildman–Crippen LogP) is 5.91. The number of benzene rings is 3. The van der Waals surface area contributed by atoms with Gasteiger partial charge in [-0.1, -0.05) is 60.5 Å². The Morgan fingerprint density at radius 2 is 1.51 bits per heavy atom. The number of carbonyl (C=O) groups is 2. The van der Waals surface area contributed by atoms with Crippen molar-refractivity contribution in [1.82, 2.24) is 25.8 Å². The molecule has 3 atom stereocenters. The van der Waals surface area contributed by atoms with E-state index in [1.165, 1.54) is 6.07 Å². The molecule has 3 aromatic rings. The maximum absolute atomic E-state index is 15.0. The Morgan fingerprint density at radius 3 is 2.02 bits per heavy atom. The number of ether oxygens (including phenoxy) is 1. The van der Waals surface area contributed by atoms with Crippen molar-refractivity contribution >= 4 is 35.0 Å². The van der Waals surface area contributed by atoms with Crippen LogP contribution in [-0.2, 0) is 21.4 Å². The smallest absolute Gasteiger partial charge is 0.416 e. The maximum Gasteiger partial charge on any atom is 0.416 e. The SMILES string of the molecule is CCOc1cc(C(F)(F)F)ccc1C1(C(=O)N2CCN(CC(=O)NCCC(C)CCO)CC2)NC(c2ccc(Cl)cc2)C(c2ccc(Cl)cc2)N1. The highest BCUT2D eigenvalue weighted by Crippen LogP contribution is 2.46. The molecule has 0 radical (unpaired) electrons. The monoisotopic (exact) mass is 749 g/mol. The maximum atomic E-state index is 15.0. The molecule has 2 aliphatic rings. The molecular weight excluding hydrogens is 706 g/mol. The van der Waals surface area contributed by atoms with Crippen molar-refractivity contribution in [3.63, 3.8) is 0 Å². The summed E-state index contributed by atoms with van der Waals surface area (Å²) in [5.41, 5.74) is -0.793. The number of nitrogens with one attached hydrogen (secondary N) is 3. The summed E-state index contributed by atoms with van der Waals surface area (Å²) in [7, 11) is 0. The molecule has 14 heteroatoms. The minimum Gasteiger partial charge on any atom is -0.493 e. The van der Waals surface area contributed by atoms with Gasteiger partial charge in [-0.2, -0.15) is 13.2 Å². The van der Waals surface area contributed by atoms with E-state index in [0.29, 0.717) is 42.0 Å². The lowest BCUT2D eigenvalue weighted by Crippen LogP contribution is -2.62. The highest BCUT2D eigenvalue weighted by molar-refractivity contribution is 6.30. The van der Waals surface area contributed by atoms with Gasteiger partial charge in [0.15, 0.2) is 5.66 Å². The molecule has 0 spiro atoms. The molecule has 3 unspecified atom stereocenters. The highest BCUT2D eigenvalue weighted by Gasteiger charge is 2.55. The van der Waals surface area contributed by atoms with Crippen LogP contribution in [0.5, 0.6) is 5.75 Å². The van der Waals surface area contributed by atoms with Crippen LogP contribution >= 0.6 is 23.2 Å². The van der Waals surface area contributed by atoms with Crippen molar-refractivity contribution in [2.75, 3.05) is 52.5 Å². The van der Waals surface area contributed by atoms with Crippen LogP contribution in [0.1, 0.15) is 61.0 Å². The second-order valence-corrected chi connectivity index (χ2v) is 13.9. The van der Waals surface area contributed by atoms with Crippen molar-refractivity contribution in [3.05, 3.63) is 99.0 Å². The number of alkyl halides is 3. The Kier molecular flexibility index (Phi) is 12.9. The number of hydrogen-bond donors (Lipinski definition) is 4. The fourth-order valence-electron chi connectivity index (χ4n) is 6.67. The van der Waals surface area contributed by atoms with Crippen LogP contribution in [0, 0.1) is 5.92 Å². The fourth-order valence-corrected chi connectivity index (χ4v) is 6.92. The Bertz CT molecular complexity index is 1580. The number of aliphatic hydroxyl groups is 1. The summed E-state index contributed by atoms with van der Waals surface area (Å²) in [5.74, 6) is -0.290. The molecule has 5 rings (SSSR count). The topological polar surface area (TPSA) is 106 Å². The van der Waals surface area contributed by atoms with Gasteiger partial charge in [-0.05, 0) is 73.2 Å². The van der Waals surface area contributed by atoms with Gasteiger partial charge in [-0.25, -0.2) is 0 Å². The van der Waals surface area contributed by atoms with Gasteiger partial charge >= 0.3 is 6.18 Å². The van der Waals surface area contributed by atoms with Crippen molar-refractivity contribution in [3.8, 4) is 5.75 Å². The summed E-state index contributed by atoms with van der Waals surface area (Å²) in [6.07, 6.45) is -3.19. The molecule has 2 heterocycles. The molecule has 2 amide bonds. The highest BCUT2D eigenvalue weighted by atomic mass is 35.5. The first kappa shape index (κ1) is 38.8. The number of aliphatic hydroxyl groups excluding tert-OH is 1. The standard InChI is InChI=1S/C37H44Cl2F3N5O4/c1-3-51-31-22-27(37(40,41)42)8-13-30(31)36(35(50)47-19-17-46(18-20-47)23-32(49)43-16-14-24(2)15-21-48)44-33(25-4-9-28(38)10-5-25)34(45-36)26-6-11-29(39)12-7-26/h4-13,22,24,33-34,44-45,48H,3,14-21,23H2,1-2H3,(H,43,49). The number of carbonyl (C=O) groups excluding carboxylic acids is 2. The molecule has 0 aliphatic carbocycles. The van der Waals surface area contributed by atoms with Gasteiger partial charge in [0, 0.05) is 54.9 Å². The second kappa shape index (κ2) is 17.0. The first-order valence-electron chi connectivity index (χ1n) is 17.1. The zero-order valence-electron chi connectivity index (χ0n) is 28.6. The Morgan fingerprint density at radius 1 is 0.941 bits per heavy atom. The number of halogens is 5. The second-order valence-electron chi connectivity index (χ2n) is 13.1. The van der Waals surface area contributed by atoms with E-state index in [-0.39, 0.29) is 56.0 Å². The summed E-state index contributed by atoms with van der Waals surface area (Å²) >= 11 is 12.5. The van der Waals surface area contributed by atoms with Gasteiger partial charge < -0.3 is 20.1 Å². The van der Waals surface area contributed by atoms with Crippen LogP contribution in [0.4, 0.5) is 13.2 Å². The van der Waals surface area contributed by atoms with Crippen LogP contribution in [0.3, 0.4) is 0 Å². The summed E-state index contributed by atoms with van der Waals surface area (Å²) < 4.78 is 47.6. The largest absolute Gasteiger partial charge is 0.493 e. The van der Waals surface area contributed by atoms with E-state index in [4.69, 9.17) is 33.0 Å².